The molecule has 3 N–H and O–H groups in total. The van der Waals surface area contributed by atoms with Crippen LogP contribution in [0.25, 0.3) is 33.9 Å². The molecule has 1 aromatic heterocycles. The average Bonchev–Trinajstić information content (AvgIpc) is 3.43. The van der Waals surface area contributed by atoms with Gasteiger partial charge in [-0.1, -0.05) is 12.1 Å². The number of carbonyl (C=O) groups is 1. The Morgan fingerprint density at radius 1 is 0.825 bits per heavy atom. The molecule has 0 radical (unpaired) electrons. The molecular weight excluding hydrogens is 514 g/mol. The number of aromatic amines is 1. The Morgan fingerprint density at radius 2 is 1.43 bits per heavy atom. The third-order valence-corrected chi connectivity index (χ3v) is 5.96. The van der Waals surface area contributed by atoms with Crippen molar-refractivity contribution in [2.75, 3.05) is 14.2 Å². The Kier molecular flexibility index (Phi) is 8.40. The van der Waals surface area contributed by atoms with E-state index in [0.29, 0.717) is 40.6 Å². The molecule has 0 atom stereocenters. The number of nitrogens with zero attached hydrogens (tertiary/aromatic N) is 2. The minimum atomic E-state index is -0.513. The summed E-state index contributed by atoms with van der Waals surface area (Å²) in [5.74, 6) is 1.67. The SMILES string of the molecule is COc1ccc(-c2nc(-c3cc([N+](=O)[O-])ccc3O)[nH]c2-c2ccc(OC)cc2)cc1.O=Cc1ccccc1O. The van der Waals surface area contributed by atoms with Crippen LogP contribution >= 0.6 is 0 Å². The number of aldehydes is 1. The first-order valence-corrected chi connectivity index (χ1v) is 11.9. The number of nitro groups is 1. The molecule has 4 aromatic carbocycles. The quantitative estimate of drug-likeness (QED) is 0.125. The lowest BCUT2D eigenvalue weighted by atomic mass is 10.0. The van der Waals surface area contributed by atoms with E-state index in [0.717, 1.165) is 11.1 Å². The molecule has 1 heterocycles. The highest BCUT2D eigenvalue weighted by Crippen LogP contribution is 2.37. The molecule has 40 heavy (non-hydrogen) atoms. The maximum atomic E-state index is 11.2. The number of para-hydroxylation sites is 1. The van der Waals surface area contributed by atoms with Gasteiger partial charge in [-0.15, -0.1) is 0 Å². The fourth-order valence-corrected chi connectivity index (χ4v) is 3.84. The van der Waals surface area contributed by atoms with Gasteiger partial charge in [-0.05, 0) is 66.7 Å². The summed E-state index contributed by atoms with van der Waals surface area (Å²) < 4.78 is 10.5. The molecule has 10 nitrogen and oxygen atoms in total. The van der Waals surface area contributed by atoms with Gasteiger partial charge in [0.05, 0.1) is 41.7 Å². The van der Waals surface area contributed by atoms with Gasteiger partial charge in [0.15, 0.2) is 6.29 Å². The van der Waals surface area contributed by atoms with Crippen LogP contribution in [-0.4, -0.2) is 45.6 Å². The summed E-state index contributed by atoms with van der Waals surface area (Å²) >= 11 is 0. The molecule has 0 fully saturated rings. The van der Waals surface area contributed by atoms with Crippen molar-refractivity contribution in [1.29, 1.82) is 0 Å². The number of imidazole rings is 1. The maximum absolute atomic E-state index is 11.2. The second-order valence-electron chi connectivity index (χ2n) is 8.40. The number of benzene rings is 4. The second kappa shape index (κ2) is 12.3. The molecule has 0 aliphatic heterocycles. The number of rotatable bonds is 7. The topological polar surface area (TPSA) is 148 Å². The summed E-state index contributed by atoms with van der Waals surface area (Å²) in [5, 5.41) is 30.4. The van der Waals surface area contributed by atoms with Crippen LogP contribution in [-0.2, 0) is 0 Å². The van der Waals surface area contributed by atoms with E-state index in [4.69, 9.17) is 14.6 Å². The van der Waals surface area contributed by atoms with Crippen molar-refractivity contribution < 1.29 is 29.4 Å². The van der Waals surface area contributed by atoms with E-state index in [1.165, 1.54) is 24.3 Å². The lowest BCUT2D eigenvalue weighted by Gasteiger charge is -2.06. The predicted molar refractivity (Wildman–Crippen MR) is 150 cm³/mol. The molecule has 0 saturated carbocycles. The predicted octanol–water partition coefficient (Wildman–Crippen LogP) is 6.25. The van der Waals surface area contributed by atoms with Gasteiger partial charge in [0, 0.05) is 23.3 Å². The zero-order valence-corrected chi connectivity index (χ0v) is 21.6. The number of hydrogen-bond acceptors (Lipinski definition) is 8. The van der Waals surface area contributed by atoms with E-state index >= 15 is 0 Å². The normalized spacial score (nSPS) is 10.2. The number of phenolic OH excluding ortho intramolecular Hbond substituents is 2. The van der Waals surface area contributed by atoms with Gasteiger partial charge in [0.1, 0.15) is 28.8 Å². The Balaban J connectivity index is 0.000000350. The van der Waals surface area contributed by atoms with Crippen LogP contribution in [0.5, 0.6) is 23.0 Å². The van der Waals surface area contributed by atoms with Crippen LogP contribution in [0.2, 0.25) is 0 Å². The van der Waals surface area contributed by atoms with Crippen molar-refractivity contribution in [3.63, 3.8) is 0 Å². The van der Waals surface area contributed by atoms with E-state index in [1.807, 2.05) is 48.5 Å². The molecule has 5 rings (SSSR count). The molecular formula is C30H25N3O7. The maximum Gasteiger partial charge on any atom is 0.270 e. The largest absolute Gasteiger partial charge is 0.507 e. The van der Waals surface area contributed by atoms with Gasteiger partial charge in [-0.3, -0.25) is 14.9 Å². The summed E-state index contributed by atoms with van der Waals surface area (Å²) in [6.45, 7) is 0. The van der Waals surface area contributed by atoms with Crippen LogP contribution in [0.3, 0.4) is 0 Å². The first-order chi connectivity index (χ1) is 19.3. The molecule has 0 aliphatic rings. The van der Waals surface area contributed by atoms with Crippen molar-refractivity contribution in [3.05, 3.63) is 107 Å². The highest BCUT2D eigenvalue weighted by molar-refractivity contribution is 5.83. The van der Waals surface area contributed by atoms with Gasteiger partial charge >= 0.3 is 0 Å². The first-order valence-electron chi connectivity index (χ1n) is 11.9. The number of phenols is 2. The van der Waals surface area contributed by atoms with Crippen LogP contribution in [0.4, 0.5) is 5.69 Å². The molecule has 5 aromatic rings. The number of H-pyrrole nitrogens is 1. The number of carbonyl (C=O) groups excluding carboxylic acids is 1. The monoisotopic (exact) mass is 539 g/mol. The molecule has 0 spiro atoms. The molecule has 202 valence electrons. The summed E-state index contributed by atoms with van der Waals surface area (Å²) in [6, 6.07) is 25.1. The Bertz CT molecular complexity index is 1560. The number of nitro benzene ring substituents is 1. The van der Waals surface area contributed by atoms with Gasteiger partial charge in [0.25, 0.3) is 5.69 Å². The number of ether oxygens (including phenoxy) is 2. The number of hydrogen-bond donors (Lipinski definition) is 3. The smallest absolute Gasteiger partial charge is 0.270 e. The van der Waals surface area contributed by atoms with Crippen molar-refractivity contribution in [2.45, 2.75) is 0 Å². The van der Waals surface area contributed by atoms with Gasteiger partial charge in [-0.25, -0.2) is 4.98 Å². The van der Waals surface area contributed by atoms with Crippen LogP contribution < -0.4 is 9.47 Å². The molecule has 0 unspecified atom stereocenters. The van der Waals surface area contributed by atoms with Crippen LogP contribution in [0.1, 0.15) is 10.4 Å². The number of nitrogens with one attached hydrogen (secondary N) is 1. The molecule has 0 saturated heterocycles. The standard InChI is InChI=1S/C23H19N3O5.C7H6O2/c1-30-17-8-3-14(4-9-17)21-22(15-5-10-18(31-2)11-6-15)25-23(24-21)19-13-16(26(28)29)7-12-20(19)27;8-5-6-3-1-2-4-7(6)9/h3-13,27H,1-2H3,(H,24,25);1-5,9H. The summed E-state index contributed by atoms with van der Waals surface area (Å²) in [7, 11) is 3.19. The Hall–Kier alpha value is -5.64. The lowest BCUT2D eigenvalue weighted by molar-refractivity contribution is -0.384. The third kappa shape index (κ3) is 6.08. The van der Waals surface area contributed by atoms with E-state index in [9.17, 15) is 20.0 Å². The molecule has 10 heteroatoms. The van der Waals surface area contributed by atoms with Crippen molar-refractivity contribution in [1.82, 2.24) is 9.97 Å². The van der Waals surface area contributed by atoms with Gasteiger partial charge < -0.3 is 24.7 Å². The van der Waals surface area contributed by atoms with E-state index in [2.05, 4.69) is 9.97 Å². The van der Waals surface area contributed by atoms with E-state index < -0.39 is 4.92 Å². The summed E-state index contributed by atoms with van der Waals surface area (Å²) in [4.78, 5) is 28.7. The average molecular weight is 540 g/mol. The lowest BCUT2D eigenvalue weighted by Crippen LogP contribution is -1.90. The Morgan fingerprint density at radius 3 is 1.95 bits per heavy atom. The number of methoxy groups -OCH3 is 2. The number of aromatic nitrogens is 2. The second-order valence-corrected chi connectivity index (χ2v) is 8.40. The molecule has 0 bridgehead atoms. The van der Waals surface area contributed by atoms with Crippen molar-refractivity contribution in [2.24, 2.45) is 0 Å². The van der Waals surface area contributed by atoms with Crippen molar-refractivity contribution >= 4 is 12.0 Å². The minimum Gasteiger partial charge on any atom is -0.507 e. The zero-order valence-electron chi connectivity index (χ0n) is 21.6. The van der Waals surface area contributed by atoms with Crippen LogP contribution in [0.15, 0.2) is 91.0 Å². The molecule has 0 aliphatic carbocycles. The number of aromatic hydroxyl groups is 2. The van der Waals surface area contributed by atoms with E-state index in [-0.39, 0.29) is 22.7 Å². The van der Waals surface area contributed by atoms with Crippen LogP contribution in [0, 0.1) is 10.1 Å². The fourth-order valence-electron chi connectivity index (χ4n) is 3.84. The summed E-state index contributed by atoms with van der Waals surface area (Å²) in [6.07, 6.45) is 0.620. The van der Waals surface area contributed by atoms with E-state index in [1.54, 1.807) is 32.4 Å². The highest BCUT2D eigenvalue weighted by atomic mass is 16.6. The highest BCUT2D eigenvalue weighted by Gasteiger charge is 2.19. The van der Waals surface area contributed by atoms with Gasteiger partial charge in [0.2, 0.25) is 0 Å². The van der Waals surface area contributed by atoms with Gasteiger partial charge in [-0.2, -0.15) is 0 Å². The summed E-state index contributed by atoms with van der Waals surface area (Å²) in [5.41, 5.74) is 3.43. The molecule has 0 amide bonds. The zero-order chi connectivity index (χ0) is 28.6. The minimum absolute atomic E-state index is 0.0347. The fraction of sp³-hybridized carbons (Fsp3) is 0.0667. The Labute approximate surface area is 229 Å². The first kappa shape index (κ1) is 27.4. The number of non-ortho nitro benzene ring substituents is 1. The van der Waals surface area contributed by atoms with Crippen molar-refractivity contribution in [3.8, 4) is 56.9 Å². The third-order valence-electron chi connectivity index (χ3n) is 5.96.